The molecule has 4 heteroatoms. The third-order valence-corrected chi connectivity index (χ3v) is 4.74. The molecule has 2 unspecified atom stereocenters. The number of rotatable bonds is 14. The van der Waals surface area contributed by atoms with E-state index in [1.54, 1.807) is 19.9 Å². The van der Waals surface area contributed by atoms with E-state index in [9.17, 15) is 9.59 Å². The Hall–Kier alpha value is -1.16. The lowest BCUT2D eigenvalue weighted by molar-refractivity contribution is -0.147. The van der Waals surface area contributed by atoms with Crippen LogP contribution in [-0.4, -0.2) is 29.1 Å². The molecule has 0 bridgehead atoms. The summed E-state index contributed by atoms with van der Waals surface area (Å²) in [5.41, 5.74) is -0.624. The van der Waals surface area contributed by atoms with E-state index in [4.69, 9.17) is 9.84 Å². The average Bonchev–Trinajstić information content (AvgIpc) is 3.29. The maximum absolute atomic E-state index is 11.9. The molecule has 0 radical (unpaired) electrons. The standard InChI is InChI=1S/C20H34O4/c1-4-5-6-7-10-13-16(21)18-17(24-18)14-11-8-9-12-15-20(2,3)19(22)23/h10,13,17-18H,4-9,11-12,14-15H2,1-3H3,(H,22,23)/b13-10-. The number of carbonyl (C=O) groups is 2. The molecule has 1 saturated heterocycles. The van der Waals surface area contributed by atoms with Crippen molar-refractivity contribution in [1.82, 2.24) is 0 Å². The van der Waals surface area contributed by atoms with Gasteiger partial charge in [-0.15, -0.1) is 0 Å². The molecule has 2 atom stereocenters. The van der Waals surface area contributed by atoms with E-state index < -0.39 is 11.4 Å². The van der Waals surface area contributed by atoms with Gasteiger partial charge in [0.25, 0.3) is 0 Å². The van der Waals surface area contributed by atoms with Crippen molar-refractivity contribution in [3.63, 3.8) is 0 Å². The number of unbranched alkanes of at least 4 members (excludes halogenated alkanes) is 6. The fourth-order valence-corrected chi connectivity index (χ4v) is 2.79. The molecular formula is C20H34O4. The monoisotopic (exact) mass is 338 g/mol. The predicted molar refractivity (Wildman–Crippen MR) is 96.1 cm³/mol. The minimum atomic E-state index is -0.724. The highest BCUT2D eigenvalue weighted by Crippen LogP contribution is 2.29. The lowest BCUT2D eigenvalue weighted by Crippen LogP contribution is -2.23. The molecule has 1 rings (SSSR count). The smallest absolute Gasteiger partial charge is 0.309 e. The number of allylic oxidation sites excluding steroid dienone is 1. The van der Waals surface area contributed by atoms with Gasteiger partial charge in [-0.2, -0.15) is 0 Å². The molecule has 0 aliphatic carbocycles. The predicted octanol–water partition coefficient (Wildman–Crippen LogP) is 4.91. The number of ketones is 1. The van der Waals surface area contributed by atoms with Crippen LogP contribution in [0.25, 0.3) is 0 Å². The van der Waals surface area contributed by atoms with Crippen molar-refractivity contribution in [2.75, 3.05) is 0 Å². The molecule has 0 aromatic carbocycles. The molecule has 1 aliphatic rings. The molecule has 1 N–H and O–H groups in total. The van der Waals surface area contributed by atoms with E-state index in [0.717, 1.165) is 44.9 Å². The van der Waals surface area contributed by atoms with Crippen molar-refractivity contribution in [2.24, 2.45) is 5.41 Å². The average molecular weight is 338 g/mol. The number of ether oxygens (including phenoxy) is 1. The fourth-order valence-electron chi connectivity index (χ4n) is 2.79. The molecule has 0 aromatic rings. The third-order valence-electron chi connectivity index (χ3n) is 4.74. The zero-order chi connectivity index (χ0) is 18.0. The molecule has 1 fully saturated rings. The maximum atomic E-state index is 11.9. The topological polar surface area (TPSA) is 66.9 Å². The van der Waals surface area contributed by atoms with Crippen molar-refractivity contribution in [3.8, 4) is 0 Å². The van der Waals surface area contributed by atoms with Crippen LogP contribution in [0.4, 0.5) is 0 Å². The van der Waals surface area contributed by atoms with Gasteiger partial charge >= 0.3 is 5.97 Å². The normalized spacial score (nSPS) is 20.5. The van der Waals surface area contributed by atoms with Crippen molar-refractivity contribution in [3.05, 3.63) is 12.2 Å². The van der Waals surface area contributed by atoms with Gasteiger partial charge in [-0.1, -0.05) is 51.5 Å². The van der Waals surface area contributed by atoms with E-state index in [1.807, 2.05) is 6.08 Å². The van der Waals surface area contributed by atoms with Crippen LogP contribution in [0.2, 0.25) is 0 Å². The highest BCUT2D eigenvalue weighted by atomic mass is 16.6. The van der Waals surface area contributed by atoms with Gasteiger partial charge in [0.2, 0.25) is 0 Å². The summed E-state index contributed by atoms with van der Waals surface area (Å²) in [4.78, 5) is 22.9. The van der Waals surface area contributed by atoms with Gasteiger partial charge in [0.05, 0.1) is 11.5 Å². The van der Waals surface area contributed by atoms with Crippen LogP contribution in [0.15, 0.2) is 12.2 Å². The number of aliphatic carboxylic acids is 1. The van der Waals surface area contributed by atoms with Gasteiger partial charge in [0.1, 0.15) is 6.10 Å². The summed E-state index contributed by atoms with van der Waals surface area (Å²) in [6, 6.07) is 0. The summed E-state index contributed by atoms with van der Waals surface area (Å²) in [5.74, 6) is -0.613. The Bertz CT molecular complexity index is 425. The van der Waals surface area contributed by atoms with Crippen LogP contribution in [0.3, 0.4) is 0 Å². The molecule has 1 heterocycles. The first-order chi connectivity index (χ1) is 11.4. The zero-order valence-corrected chi connectivity index (χ0v) is 15.6. The first-order valence-corrected chi connectivity index (χ1v) is 9.47. The van der Waals surface area contributed by atoms with Gasteiger partial charge in [-0.3, -0.25) is 9.59 Å². The van der Waals surface area contributed by atoms with Crippen LogP contribution < -0.4 is 0 Å². The Kier molecular flexibility index (Phi) is 9.27. The summed E-state index contributed by atoms with van der Waals surface area (Å²) >= 11 is 0. The van der Waals surface area contributed by atoms with Crippen molar-refractivity contribution >= 4 is 11.8 Å². The second-order valence-corrected chi connectivity index (χ2v) is 7.54. The minimum absolute atomic E-state index is 0.105. The van der Waals surface area contributed by atoms with Crippen LogP contribution in [-0.2, 0) is 14.3 Å². The summed E-state index contributed by atoms with van der Waals surface area (Å²) < 4.78 is 5.47. The largest absolute Gasteiger partial charge is 0.481 e. The van der Waals surface area contributed by atoms with Crippen LogP contribution >= 0.6 is 0 Å². The molecule has 24 heavy (non-hydrogen) atoms. The minimum Gasteiger partial charge on any atom is -0.481 e. The van der Waals surface area contributed by atoms with Crippen molar-refractivity contribution in [1.29, 1.82) is 0 Å². The van der Waals surface area contributed by atoms with Gasteiger partial charge in [-0.25, -0.2) is 0 Å². The molecule has 0 saturated carbocycles. The quantitative estimate of drug-likeness (QED) is 0.277. The Morgan fingerprint density at radius 3 is 2.46 bits per heavy atom. The number of hydrogen-bond acceptors (Lipinski definition) is 3. The van der Waals surface area contributed by atoms with Gasteiger partial charge in [0.15, 0.2) is 5.78 Å². The number of carbonyl (C=O) groups excluding carboxylic acids is 1. The number of hydrogen-bond donors (Lipinski definition) is 1. The molecule has 0 spiro atoms. The lowest BCUT2D eigenvalue weighted by Gasteiger charge is -2.18. The van der Waals surface area contributed by atoms with Crippen molar-refractivity contribution in [2.45, 2.75) is 97.2 Å². The summed E-state index contributed by atoms with van der Waals surface area (Å²) in [5, 5.41) is 9.06. The summed E-state index contributed by atoms with van der Waals surface area (Å²) in [6.07, 6.45) is 13.8. The first-order valence-electron chi connectivity index (χ1n) is 9.47. The summed E-state index contributed by atoms with van der Waals surface area (Å²) in [6.45, 7) is 5.73. The van der Waals surface area contributed by atoms with Crippen LogP contribution in [0.5, 0.6) is 0 Å². The molecular weight excluding hydrogens is 304 g/mol. The second kappa shape index (κ2) is 10.7. The zero-order valence-electron chi connectivity index (χ0n) is 15.6. The first kappa shape index (κ1) is 20.9. The van der Waals surface area contributed by atoms with E-state index in [1.165, 1.54) is 12.8 Å². The SMILES string of the molecule is CCCCC/C=C\C(=O)C1OC1CCCCCCC(C)(C)C(=O)O. The summed E-state index contributed by atoms with van der Waals surface area (Å²) in [7, 11) is 0. The van der Waals surface area contributed by atoms with Gasteiger partial charge in [0, 0.05) is 0 Å². The molecule has 138 valence electrons. The van der Waals surface area contributed by atoms with Crippen molar-refractivity contribution < 1.29 is 19.4 Å². The second-order valence-electron chi connectivity index (χ2n) is 7.54. The number of epoxide rings is 1. The van der Waals surface area contributed by atoms with E-state index in [0.29, 0.717) is 6.42 Å². The van der Waals surface area contributed by atoms with E-state index in [2.05, 4.69) is 6.92 Å². The number of carboxylic acid groups (broad SMARTS) is 1. The fraction of sp³-hybridized carbons (Fsp3) is 0.800. The Balaban J connectivity index is 2.02. The van der Waals surface area contributed by atoms with Crippen LogP contribution in [0.1, 0.15) is 85.0 Å². The molecule has 4 nitrogen and oxygen atoms in total. The Morgan fingerprint density at radius 2 is 1.79 bits per heavy atom. The van der Waals surface area contributed by atoms with Gasteiger partial charge < -0.3 is 9.84 Å². The third kappa shape index (κ3) is 8.09. The lowest BCUT2D eigenvalue weighted by atomic mass is 9.87. The Morgan fingerprint density at radius 1 is 1.08 bits per heavy atom. The van der Waals surface area contributed by atoms with Gasteiger partial charge in [-0.05, 0) is 45.6 Å². The maximum Gasteiger partial charge on any atom is 0.309 e. The highest BCUT2D eigenvalue weighted by Gasteiger charge is 2.42. The highest BCUT2D eigenvalue weighted by molar-refractivity contribution is 5.95. The molecule has 0 amide bonds. The molecule has 1 aliphatic heterocycles. The number of carboxylic acids is 1. The van der Waals surface area contributed by atoms with E-state index >= 15 is 0 Å². The Labute approximate surface area is 146 Å². The molecule has 0 aromatic heterocycles. The van der Waals surface area contributed by atoms with Crippen LogP contribution in [0, 0.1) is 5.41 Å². The van der Waals surface area contributed by atoms with E-state index in [-0.39, 0.29) is 18.0 Å².